The summed E-state index contributed by atoms with van der Waals surface area (Å²) in [6.07, 6.45) is 2.26. The van der Waals surface area contributed by atoms with E-state index in [0.29, 0.717) is 6.42 Å². The number of carbonyl (C=O) groups is 1. The first kappa shape index (κ1) is 21.4. The van der Waals surface area contributed by atoms with Crippen LogP contribution >= 0.6 is 36.3 Å². The molecule has 1 aromatic heterocycles. The van der Waals surface area contributed by atoms with Crippen LogP contribution in [-0.2, 0) is 11.2 Å². The Morgan fingerprint density at radius 2 is 2.05 bits per heavy atom. The SMILES string of the molecule is CCc1nsc(N2CCCN(C(=O)CC(C)N)CC2)n1.Cl.Cl. The fourth-order valence-electron chi connectivity index (χ4n) is 2.28. The second-order valence-electron chi connectivity index (χ2n) is 5.25. The van der Waals surface area contributed by atoms with E-state index >= 15 is 0 Å². The van der Waals surface area contributed by atoms with Crippen LogP contribution in [0, 0.1) is 0 Å². The largest absolute Gasteiger partial charge is 0.345 e. The molecule has 0 radical (unpaired) electrons. The Labute approximate surface area is 148 Å². The highest BCUT2D eigenvalue weighted by molar-refractivity contribution is 7.09. The number of nitrogens with zero attached hydrogens (tertiary/aromatic N) is 4. The van der Waals surface area contributed by atoms with Crippen LogP contribution in [0.1, 0.15) is 32.5 Å². The number of rotatable bonds is 4. The molecule has 0 bridgehead atoms. The molecule has 9 heteroatoms. The summed E-state index contributed by atoms with van der Waals surface area (Å²) in [5.74, 6) is 1.06. The molecule has 0 saturated carbocycles. The number of halogens is 2. The quantitative estimate of drug-likeness (QED) is 0.874. The van der Waals surface area contributed by atoms with Crippen molar-refractivity contribution in [2.75, 3.05) is 31.1 Å². The third-order valence-corrected chi connectivity index (χ3v) is 4.20. The van der Waals surface area contributed by atoms with Crippen molar-refractivity contribution < 1.29 is 4.79 Å². The highest BCUT2D eigenvalue weighted by Crippen LogP contribution is 2.19. The Hall–Kier alpha value is -0.630. The van der Waals surface area contributed by atoms with E-state index in [1.807, 2.05) is 11.8 Å². The molecule has 1 amide bonds. The van der Waals surface area contributed by atoms with E-state index in [0.717, 1.165) is 50.0 Å². The van der Waals surface area contributed by atoms with Gasteiger partial charge in [-0.3, -0.25) is 4.79 Å². The molecule has 2 rings (SSSR count). The molecule has 1 aliphatic rings. The minimum absolute atomic E-state index is 0. The second kappa shape index (κ2) is 10.2. The highest BCUT2D eigenvalue weighted by atomic mass is 35.5. The smallest absolute Gasteiger partial charge is 0.224 e. The zero-order valence-corrected chi connectivity index (χ0v) is 15.5. The molecule has 2 heterocycles. The van der Waals surface area contributed by atoms with Gasteiger partial charge in [0.1, 0.15) is 5.82 Å². The van der Waals surface area contributed by atoms with E-state index in [4.69, 9.17) is 5.73 Å². The maximum atomic E-state index is 12.1. The predicted octanol–water partition coefficient (Wildman–Crippen LogP) is 1.72. The Kier molecular flexibility index (Phi) is 9.91. The Balaban J connectivity index is 0.00000220. The van der Waals surface area contributed by atoms with Crippen LogP contribution in [0.3, 0.4) is 0 Å². The highest BCUT2D eigenvalue weighted by Gasteiger charge is 2.21. The Morgan fingerprint density at radius 1 is 1.32 bits per heavy atom. The van der Waals surface area contributed by atoms with Crippen LogP contribution in [0.5, 0.6) is 0 Å². The van der Waals surface area contributed by atoms with Gasteiger partial charge in [0.25, 0.3) is 0 Å². The lowest BCUT2D eigenvalue weighted by Crippen LogP contribution is -2.37. The standard InChI is InChI=1S/C13H23N5OS.2ClH/c1-3-11-15-13(20-16-11)18-6-4-5-17(7-8-18)12(19)9-10(2)14;;/h10H,3-9,14H2,1-2H3;2*1H. The predicted molar refractivity (Wildman–Crippen MR) is 95.5 cm³/mol. The average Bonchev–Trinajstić information content (AvgIpc) is 2.74. The lowest BCUT2D eigenvalue weighted by Gasteiger charge is -2.22. The van der Waals surface area contributed by atoms with Crippen LogP contribution in [0.15, 0.2) is 0 Å². The molecule has 22 heavy (non-hydrogen) atoms. The molecule has 2 N–H and O–H groups in total. The summed E-state index contributed by atoms with van der Waals surface area (Å²) in [5.41, 5.74) is 5.70. The van der Waals surface area contributed by atoms with Crippen molar-refractivity contribution in [3.63, 3.8) is 0 Å². The summed E-state index contributed by atoms with van der Waals surface area (Å²) in [6.45, 7) is 7.23. The van der Waals surface area contributed by atoms with E-state index < -0.39 is 0 Å². The molecule has 0 spiro atoms. The summed E-state index contributed by atoms with van der Waals surface area (Å²) in [7, 11) is 0. The summed E-state index contributed by atoms with van der Waals surface area (Å²) < 4.78 is 4.33. The van der Waals surface area contributed by atoms with Gasteiger partial charge in [-0.25, -0.2) is 4.98 Å². The molecule has 6 nitrogen and oxygen atoms in total. The maximum absolute atomic E-state index is 12.1. The third-order valence-electron chi connectivity index (χ3n) is 3.39. The fraction of sp³-hybridized carbons (Fsp3) is 0.769. The van der Waals surface area contributed by atoms with E-state index in [9.17, 15) is 4.79 Å². The molecule has 0 aromatic carbocycles. The van der Waals surface area contributed by atoms with Gasteiger partial charge in [-0.2, -0.15) is 4.37 Å². The summed E-state index contributed by atoms with van der Waals surface area (Å²) in [4.78, 5) is 20.7. The van der Waals surface area contributed by atoms with Gasteiger partial charge < -0.3 is 15.5 Å². The number of nitrogens with two attached hydrogens (primary N) is 1. The lowest BCUT2D eigenvalue weighted by molar-refractivity contribution is -0.131. The second-order valence-corrected chi connectivity index (χ2v) is 5.98. The Morgan fingerprint density at radius 3 is 2.64 bits per heavy atom. The van der Waals surface area contributed by atoms with Crippen molar-refractivity contribution in [3.05, 3.63) is 5.82 Å². The monoisotopic (exact) mass is 369 g/mol. The molecular weight excluding hydrogens is 345 g/mol. The zero-order valence-electron chi connectivity index (χ0n) is 13.0. The number of carbonyl (C=O) groups excluding carboxylic acids is 1. The third kappa shape index (κ3) is 5.87. The van der Waals surface area contributed by atoms with Crippen LogP contribution in [0.25, 0.3) is 0 Å². The molecular formula is C13H25Cl2N5OS. The van der Waals surface area contributed by atoms with Crippen LogP contribution in [0.4, 0.5) is 5.13 Å². The van der Waals surface area contributed by atoms with E-state index in [1.54, 1.807) is 0 Å². The number of hydrogen-bond donors (Lipinski definition) is 1. The minimum Gasteiger partial charge on any atom is -0.345 e. The van der Waals surface area contributed by atoms with Gasteiger partial charge >= 0.3 is 0 Å². The zero-order chi connectivity index (χ0) is 14.5. The number of hydrogen-bond acceptors (Lipinski definition) is 6. The minimum atomic E-state index is -0.0721. The maximum Gasteiger partial charge on any atom is 0.224 e. The first-order chi connectivity index (χ1) is 9.60. The molecule has 1 saturated heterocycles. The van der Waals surface area contributed by atoms with Crippen molar-refractivity contribution >= 4 is 47.4 Å². The van der Waals surface area contributed by atoms with E-state index in [-0.39, 0.29) is 36.8 Å². The first-order valence-electron chi connectivity index (χ1n) is 7.21. The van der Waals surface area contributed by atoms with Crippen molar-refractivity contribution in [3.8, 4) is 0 Å². The normalized spacial score (nSPS) is 16.3. The van der Waals surface area contributed by atoms with Gasteiger partial charge in [-0.15, -0.1) is 24.8 Å². The fourth-order valence-corrected chi connectivity index (χ4v) is 3.08. The first-order valence-corrected chi connectivity index (χ1v) is 7.98. The molecule has 1 unspecified atom stereocenters. The van der Waals surface area contributed by atoms with Gasteiger partial charge in [0.15, 0.2) is 0 Å². The Bertz CT molecular complexity index is 457. The number of aryl methyl sites for hydroxylation is 1. The summed E-state index contributed by atoms with van der Waals surface area (Å²) in [6, 6.07) is -0.0721. The summed E-state index contributed by atoms with van der Waals surface area (Å²) >= 11 is 1.45. The van der Waals surface area contributed by atoms with Gasteiger partial charge in [0, 0.05) is 56.6 Å². The van der Waals surface area contributed by atoms with Crippen LogP contribution in [0.2, 0.25) is 0 Å². The van der Waals surface area contributed by atoms with Crippen LogP contribution < -0.4 is 10.6 Å². The molecule has 1 fully saturated rings. The van der Waals surface area contributed by atoms with Crippen molar-refractivity contribution in [1.29, 1.82) is 0 Å². The molecule has 0 aliphatic carbocycles. The molecule has 128 valence electrons. The van der Waals surface area contributed by atoms with Crippen molar-refractivity contribution in [2.45, 2.75) is 39.2 Å². The van der Waals surface area contributed by atoms with Gasteiger partial charge in [-0.1, -0.05) is 6.92 Å². The lowest BCUT2D eigenvalue weighted by atomic mass is 10.2. The molecule has 1 aromatic rings. The van der Waals surface area contributed by atoms with Crippen molar-refractivity contribution in [2.24, 2.45) is 5.73 Å². The van der Waals surface area contributed by atoms with Crippen LogP contribution in [-0.4, -0.2) is 52.4 Å². The number of amides is 1. The topological polar surface area (TPSA) is 75.4 Å². The molecule has 1 aliphatic heterocycles. The van der Waals surface area contributed by atoms with Gasteiger partial charge in [-0.05, 0) is 13.3 Å². The summed E-state index contributed by atoms with van der Waals surface area (Å²) in [5, 5.41) is 0.975. The van der Waals surface area contributed by atoms with Gasteiger partial charge in [0.2, 0.25) is 11.0 Å². The van der Waals surface area contributed by atoms with E-state index in [2.05, 4.69) is 21.2 Å². The number of aromatic nitrogens is 2. The van der Waals surface area contributed by atoms with Crippen molar-refractivity contribution in [1.82, 2.24) is 14.3 Å². The molecule has 1 atom stereocenters. The number of anilines is 1. The average molecular weight is 370 g/mol. The van der Waals surface area contributed by atoms with Gasteiger partial charge in [0.05, 0.1) is 0 Å². The van der Waals surface area contributed by atoms with E-state index in [1.165, 1.54) is 11.5 Å².